The van der Waals surface area contributed by atoms with Gasteiger partial charge < -0.3 is 10.3 Å². The largest absolute Gasteiger partial charge is 0.358 e. The van der Waals surface area contributed by atoms with Gasteiger partial charge in [0.15, 0.2) is 0 Å². The van der Waals surface area contributed by atoms with E-state index in [2.05, 4.69) is 32.1 Å². The average molecular weight is 215 g/mol. The highest BCUT2D eigenvalue weighted by molar-refractivity contribution is 5.81. The Bertz CT molecular complexity index is 273. The molecule has 7 heteroatoms. The van der Waals surface area contributed by atoms with Crippen LogP contribution < -0.4 is 22.1 Å². The minimum atomic E-state index is -0.363. The molecule has 0 aliphatic heterocycles. The van der Waals surface area contributed by atoms with E-state index in [1.807, 2.05) is 0 Å². The summed E-state index contributed by atoms with van der Waals surface area (Å²) in [5, 5.41) is 2.56. The van der Waals surface area contributed by atoms with E-state index in [0.29, 0.717) is 6.42 Å². The number of hydrogen-bond donors (Lipinski definition) is 5. The van der Waals surface area contributed by atoms with Gasteiger partial charge in [-0.2, -0.15) is 5.43 Å². The first-order valence-electron chi connectivity index (χ1n) is 4.24. The van der Waals surface area contributed by atoms with Crippen LogP contribution in [0.25, 0.3) is 0 Å². The van der Waals surface area contributed by atoms with Crippen LogP contribution in [-0.2, 0) is 11.2 Å². The van der Waals surface area contributed by atoms with Gasteiger partial charge in [0.1, 0.15) is 6.04 Å². The molecule has 1 atom stereocenters. The van der Waals surface area contributed by atoms with Crippen LogP contribution in [0.5, 0.6) is 0 Å². The normalized spacial score (nSPS) is 11.6. The molecule has 0 aromatic carbocycles. The second-order valence-electron chi connectivity index (χ2n) is 2.77. The summed E-state index contributed by atoms with van der Waals surface area (Å²) in [7, 11) is 1.59. The van der Waals surface area contributed by atoms with E-state index in [-0.39, 0.29) is 19.4 Å². The van der Waals surface area contributed by atoms with Crippen molar-refractivity contribution >= 4 is 5.91 Å². The van der Waals surface area contributed by atoms with Crippen molar-refractivity contribution in [3.63, 3.8) is 0 Å². The Labute approximate surface area is 88.8 Å². The average Bonchev–Trinajstić information content (AvgIpc) is 2.68. The van der Waals surface area contributed by atoms with Gasteiger partial charge in [0.25, 0.3) is 0 Å². The number of aromatic amines is 1. The molecule has 1 rings (SSSR count). The van der Waals surface area contributed by atoms with Crippen LogP contribution in [-0.4, -0.2) is 29.0 Å². The summed E-state index contributed by atoms with van der Waals surface area (Å²) < 4.78 is 0. The lowest BCUT2D eigenvalue weighted by Gasteiger charge is -2.13. The Morgan fingerprint density at radius 2 is 2.47 bits per heavy atom. The third-order valence-electron chi connectivity index (χ3n) is 1.82. The maximum atomic E-state index is 11.4. The maximum absolute atomic E-state index is 11.4. The van der Waals surface area contributed by atoms with E-state index >= 15 is 0 Å². The lowest BCUT2D eigenvalue weighted by atomic mass is 10.1. The number of nitrogens with one attached hydrogen (secondary N) is 4. The van der Waals surface area contributed by atoms with Crippen LogP contribution in [0.3, 0.4) is 0 Å². The topological polar surface area (TPSA) is 109 Å². The molecule has 15 heavy (non-hydrogen) atoms. The highest BCUT2D eigenvalue weighted by Gasteiger charge is 2.17. The van der Waals surface area contributed by atoms with Crippen molar-refractivity contribution in [1.29, 1.82) is 0 Å². The standard InChI is InChI=1S/C7H14N6O.CH4/c1-9-7(14)6(12-13-8)2-5-3-10-4-11-5;/h3-4,6,12-13H,2,8H2,1H3,(H,9,14)(H,10,11);1H4/p+1. The molecule has 0 radical (unpaired) electrons. The predicted molar refractivity (Wildman–Crippen MR) is 56.0 cm³/mol. The Morgan fingerprint density at radius 1 is 1.73 bits per heavy atom. The van der Waals surface area contributed by atoms with Crippen molar-refractivity contribution in [3.8, 4) is 0 Å². The summed E-state index contributed by atoms with van der Waals surface area (Å²) in [5.41, 5.74) is 6.14. The molecule has 7 nitrogen and oxygen atoms in total. The molecule has 0 bridgehead atoms. The molecule has 1 aromatic rings. The summed E-state index contributed by atoms with van der Waals surface area (Å²) in [5.74, 6) is 3.30. The molecule has 0 saturated heterocycles. The predicted octanol–water partition coefficient (Wildman–Crippen LogP) is -2.05. The lowest BCUT2D eigenvalue weighted by molar-refractivity contribution is -0.458. The Balaban J connectivity index is 0.00000196. The molecule has 1 amide bonds. The zero-order valence-electron chi connectivity index (χ0n) is 8.00. The van der Waals surface area contributed by atoms with E-state index in [0.717, 1.165) is 5.69 Å². The van der Waals surface area contributed by atoms with Crippen molar-refractivity contribution < 1.29 is 10.6 Å². The van der Waals surface area contributed by atoms with Gasteiger partial charge in [0, 0.05) is 25.4 Å². The molecule has 86 valence electrons. The number of nitrogens with zero attached hydrogens (tertiary/aromatic N) is 1. The summed E-state index contributed by atoms with van der Waals surface area (Å²) >= 11 is 0. The van der Waals surface area contributed by atoms with Crippen LogP contribution in [0, 0.1) is 0 Å². The maximum Gasteiger partial charge on any atom is 0.238 e. The van der Waals surface area contributed by atoms with Crippen molar-refractivity contribution in [2.24, 2.45) is 0 Å². The number of hydrazine groups is 1. The van der Waals surface area contributed by atoms with Gasteiger partial charge in [0.2, 0.25) is 5.91 Å². The summed E-state index contributed by atoms with van der Waals surface area (Å²) in [6.07, 6.45) is 3.79. The first-order chi connectivity index (χ1) is 6.77. The number of quaternary nitrogens is 1. The minimum Gasteiger partial charge on any atom is -0.358 e. The number of amides is 1. The van der Waals surface area contributed by atoms with E-state index in [4.69, 9.17) is 0 Å². The molecule has 0 fully saturated rings. The first-order valence-corrected chi connectivity index (χ1v) is 4.24. The Kier molecular flexibility index (Phi) is 6.27. The van der Waals surface area contributed by atoms with Crippen LogP contribution in [0.15, 0.2) is 12.5 Å². The van der Waals surface area contributed by atoms with Crippen molar-refractivity contribution in [3.05, 3.63) is 18.2 Å². The fourth-order valence-electron chi connectivity index (χ4n) is 1.12. The molecule has 1 aromatic heterocycles. The summed E-state index contributed by atoms with van der Waals surface area (Å²) in [6, 6.07) is -0.363. The highest BCUT2D eigenvalue weighted by atomic mass is 16.2. The van der Waals surface area contributed by atoms with Crippen LogP contribution in [0.2, 0.25) is 0 Å². The molecule has 0 spiro atoms. The quantitative estimate of drug-likeness (QED) is 0.364. The molecule has 1 unspecified atom stereocenters. The van der Waals surface area contributed by atoms with Gasteiger partial charge in [-0.25, -0.2) is 4.98 Å². The lowest BCUT2D eigenvalue weighted by Crippen LogP contribution is -2.73. The van der Waals surface area contributed by atoms with Crippen molar-refractivity contribution in [2.75, 3.05) is 7.05 Å². The van der Waals surface area contributed by atoms with E-state index in [1.165, 1.54) is 0 Å². The highest BCUT2D eigenvalue weighted by Crippen LogP contribution is 1.97. The second kappa shape index (κ2) is 6.93. The van der Waals surface area contributed by atoms with Crippen molar-refractivity contribution in [2.45, 2.75) is 19.9 Å². The zero-order valence-corrected chi connectivity index (χ0v) is 8.00. The molecule has 0 aliphatic carbocycles. The second-order valence-corrected chi connectivity index (χ2v) is 2.77. The van der Waals surface area contributed by atoms with Gasteiger partial charge in [0.05, 0.1) is 6.33 Å². The molecular weight excluding hydrogens is 196 g/mol. The molecule has 7 N–H and O–H groups in total. The fourth-order valence-corrected chi connectivity index (χ4v) is 1.12. The van der Waals surface area contributed by atoms with Gasteiger partial charge in [-0.3, -0.25) is 10.6 Å². The molecule has 0 saturated carbocycles. The Morgan fingerprint density at radius 3 is 2.93 bits per heavy atom. The fraction of sp³-hybridized carbons (Fsp3) is 0.500. The number of hydrogen-bond acceptors (Lipinski definition) is 4. The van der Waals surface area contributed by atoms with Crippen molar-refractivity contribution in [1.82, 2.24) is 26.2 Å². The third kappa shape index (κ3) is 4.07. The summed E-state index contributed by atoms with van der Waals surface area (Å²) in [6.45, 7) is 0. The number of carbonyl (C=O) groups is 1. The summed E-state index contributed by atoms with van der Waals surface area (Å²) in [4.78, 5) is 18.1. The van der Waals surface area contributed by atoms with Crippen LogP contribution in [0.4, 0.5) is 0 Å². The Hall–Kier alpha value is -1.44. The van der Waals surface area contributed by atoms with E-state index in [9.17, 15) is 4.79 Å². The van der Waals surface area contributed by atoms with Gasteiger partial charge in [-0.05, 0) is 0 Å². The number of H-pyrrole nitrogens is 1. The number of aromatic nitrogens is 2. The van der Waals surface area contributed by atoms with Gasteiger partial charge >= 0.3 is 0 Å². The van der Waals surface area contributed by atoms with Crippen LogP contribution in [0.1, 0.15) is 13.1 Å². The minimum absolute atomic E-state index is 0. The number of likely N-dealkylation sites (N-methyl/N-ethyl adjacent to an activating group) is 1. The molecular formula is C8H19N6O+. The molecule has 0 aliphatic rings. The van der Waals surface area contributed by atoms with Gasteiger partial charge in [-0.1, -0.05) is 7.43 Å². The number of carbonyl (C=O) groups excluding carboxylic acids is 1. The number of rotatable bonds is 5. The SMILES string of the molecule is C.CNC(=O)C(Cc1cnc[nH]1)NN[NH3+]. The first kappa shape index (κ1) is 13.6. The third-order valence-corrected chi connectivity index (χ3v) is 1.82. The number of imidazole rings is 1. The van der Waals surface area contributed by atoms with Crippen LogP contribution >= 0.6 is 0 Å². The monoisotopic (exact) mass is 215 g/mol. The molecule has 1 heterocycles. The van der Waals surface area contributed by atoms with E-state index in [1.54, 1.807) is 19.6 Å². The smallest absolute Gasteiger partial charge is 0.238 e. The van der Waals surface area contributed by atoms with Gasteiger partial charge in [-0.15, -0.1) is 5.53 Å². The van der Waals surface area contributed by atoms with E-state index < -0.39 is 0 Å². The zero-order chi connectivity index (χ0) is 10.4.